The van der Waals surface area contributed by atoms with Crippen molar-refractivity contribution in [3.8, 4) is 0 Å². The van der Waals surface area contributed by atoms with Crippen LogP contribution in [0.3, 0.4) is 0 Å². The zero-order chi connectivity index (χ0) is 11.7. The van der Waals surface area contributed by atoms with Crippen LogP contribution in [0, 0.1) is 10.5 Å². The molecule has 1 aromatic carbocycles. The predicted octanol–water partition coefficient (Wildman–Crippen LogP) is 4.55. The summed E-state index contributed by atoms with van der Waals surface area (Å²) in [5.41, 5.74) is 1.67. The van der Waals surface area contributed by atoms with Gasteiger partial charge in [0.15, 0.2) is 0 Å². The topological polar surface area (TPSA) is 17.1 Å². The molecule has 1 heterocycles. The van der Waals surface area contributed by atoms with Gasteiger partial charge >= 0.3 is 0 Å². The molecule has 0 aliphatic carbocycles. The summed E-state index contributed by atoms with van der Waals surface area (Å²) in [6.07, 6.45) is 0. The second-order valence-electron chi connectivity index (χ2n) is 3.40. The quantitative estimate of drug-likeness (QED) is 0.566. The number of aryl methyl sites for hydroxylation is 1. The monoisotopic (exact) mass is 362 g/mol. The van der Waals surface area contributed by atoms with E-state index in [2.05, 4.69) is 22.6 Å². The molecule has 0 radical (unpaired) electrons. The summed E-state index contributed by atoms with van der Waals surface area (Å²) in [7, 11) is 0. The molecule has 16 heavy (non-hydrogen) atoms. The van der Waals surface area contributed by atoms with E-state index in [1.165, 1.54) is 11.3 Å². The Balaban J connectivity index is 2.35. The van der Waals surface area contributed by atoms with Crippen LogP contribution in [-0.4, -0.2) is 5.78 Å². The molecule has 0 saturated carbocycles. The van der Waals surface area contributed by atoms with E-state index < -0.39 is 0 Å². The summed E-state index contributed by atoms with van der Waals surface area (Å²) in [6.45, 7) is 1.91. The van der Waals surface area contributed by atoms with Crippen LogP contribution < -0.4 is 0 Å². The van der Waals surface area contributed by atoms with Crippen molar-refractivity contribution in [2.75, 3.05) is 0 Å². The molecule has 4 heteroatoms. The van der Waals surface area contributed by atoms with E-state index in [9.17, 15) is 4.79 Å². The molecule has 0 spiro atoms. The van der Waals surface area contributed by atoms with Crippen LogP contribution in [-0.2, 0) is 0 Å². The second kappa shape index (κ2) is 4.85. The molecule has 0 amide bonds. The first-order valence-electron chi connectivity index (χ1n) is 4.64. The first-order valence-corrected chi connectivity index (χ1v) is 6.91. The maximum atomic E-state index is 12.1. The molecule has 0 fully saturated rings. The van der Waals surface area contributed by atoms with Gasteiger partial charge in [-0.15, -0.1) is 11.3 Å². The maximum Gasteiger partial charge on any atom is 0.203 e. The Labute approximate surface area is 117 Å². The van der Waals surface area contributed by atoms with Crippen molar-refractivity contribution in [2.45, 2.75) is 6.92 Å². The van der Waals surface area contributed by atoms with Gasteiger partial charge in [0, 0.05) is 9.13 Å². The first kappa shape index (κ1) is 12.1. The van der Waals surface area contributed by atoms with E-state index in [0.717, 1.165) is 9.13 Å². The van der Waals surface area contributed by atoms with E-state index in [-0.39, 0.29) is 5.78 Å². The number of hydrogen-bond acceptors (Lipinski definition) is 2. The standard InChI is InChI=1S/C12H8ClIOS/c1-7-6-10(16-12(7)13)11(15)8-2-4-9(14)5-3-8/h2-6H,1H3. The normalized spacial score (nSPS) is 10.4. The molecule has 0 bridgehead atoms. The van der Waals surface area contributed by atoms with Gasteiger partial charge in [-0.25, -0.2) is 0 Å². The highest BCUT2D eigenvalue weighted by Crippen LogP contribution is 2.28. The Hall–Kier alpha value is -0.390. The van der Waals surface area contributed by atoms with Crippen LogP contribution in [0.25, 0.3) is 0 Å². The number of thiophene rings is 1. The third-order valence-corrected chi connectivity index (χ3v) is 4.46. The number of carbonyl (C=O) groups is 1. The van der Waals surface area contributed by atoms with Crippen molar-refractivity contribution >= 4 is 51.3 Å². The Bertz CT molecular complexity index is 511. The van der Waals surface area contributed by atoms with Crippen LogP contribution in [0.5, 0.6) is 0 Å². The fraction of sp³-hybridized carbons (Fsp3) is 0.0833. The fourth-order valence-electron chi connectivity index (χ4n) is 1.32. The summed E-state index contributed by atoms with van der Waals surface area (Å²) in [4.78, 5) is 12.8. The molecular weight excluding hydrogens is 355 g/mol. The molecular formula is C12H8ClIOS. The number of halogens is 2. The SMILES string of the molecule is Cc1cc(C(=O)c2ccc(I)cc2)sc1Cl. The van der Waals surface area contributed by atoms with E-state index in [1.54, 1.807) is 0 Å². The van der Waals surface area contributed by atoms with Gasteiger partial charge < -0.3 is 0 Å². The van der Waals surface area contributed by atoms with Gasteiger partial charge in [0.05, 0.1) is 9.21 Å². The average Bonchev–Trinajstić information content (AvgIpc) is 2.59. The lowest BCUT2D eigenvalue weighted by Gasteiger charge is -1.97. The van der Waals surface area contributed by atoms with Crippen LogP contribution in [0.15, 0.2) is 30.3 Å². The molecule has 0 aliphatic rings. The van der Waals surface area contributed by atoms with Crippen LogP contribution in [0.4, 0.5) is 0 Å². The Morgan fingerprint density at radius 3 is 2.44 bits per heavy atom. The van der Waals surface area contributed by atoms with E-state index in [4.69, 9.17) is 11.6 Å². The van der Waals surface area contributed by atoms with Crippen LogP contribution in [0.2, 0.25) is 4.34 Å². The largest absolute Gasteiger partial charge is 0.288 e. The number of ketones is 1. The average molecular weight is 363 g/mol. The minimum Gasteiger partial charge on any atom is -0.288 e. The van der Waals surface area contributed by atoms with E-state index in [1.807, 2.05) is 37.3 Å². The minimum atomic E-state index is 0.0383. The van der Waals surface area contributed by atoms with Gasteiger partial charge in [-0.3, -0.25) is 4.79 Å². The zero-order valence-electron chi connectivity index (χ0n) is 8.46. The molecule has 1 aromatic heterocycles. The van der Waals surface area contributed by atoms with Crippen molar-refractivity contribution in [1.82, 2.24) is 0 Å². The van der Waals surface area contributed by atoms with E-state index in [0.29, 0.717) is 14.8 Å². The summed E-state index contributed by atoms with van der Waals surface area (Å²) in [6, 6.07) is 9.37. The molecule has 0 N–H and O–H groups in total. The van der Waals surface area contributed by atoms with Crippen molar-refractivity contribution in [3.63, 3.8) is 0 Å². The van der Waals surface area contributed by atoms with Crippen molar-refractivity contribution < 1.29 is 4.79 Å². The van der Waals surface area contributed by atoms with Gasteiger partial charge in [0.2, 0.25) is 5.78 Å². The summed E-state index contributed by atoms with van der Waals surface area (Å²) in [5.74, 6) is 0.0383. The van der Waals surface area contributed by atoms with Gasteiger partial charge in [-0.1, -0.05) is 11.6 Å². The highest BCUT2D eigenvalue weighted by atomic mass is 127. The van der Waals surface area contributed by atoms with E-state index >= 15 is 0 Å². The lowest BCUT2D eigenvalue weighted by molar-refractivity contribution is 0.104. The molecule has 82 valence electrons. The van der Waals surface area contributed by atoms with Gasteiger partial charge in [0.25, 0.3) is 0 Å². The summed E-state index contributed by atoms with van der Waals surface area (Å²) in [5, 5.41) is 0. The third kappa shape index (κ3) is 2.47. The highest BCUT2D eigenvalue weighted by molar-refractivity contribution is 14.1. The van der Waals surface area contributed by atoms with Crippen molar-refractivity contribution in [1.29, 1.82) is 0 Å². The van der Waals surface area contributed by atoms with Crippen LogP contribution >= 0.6 is 45.5 Å². The third-order valence-electron chi connectivity index (χ3n) is 2.19. The van der Waals surface area contributed by atoms with Crippen molar-refractivity contribution in [3.05, 3.63) is 54.2 Å². The number of carbonyl (C=O) groups excluding carboxylic acids is 1. The molecule has 2 aromatic rings. The molecule has 2 rings (SSSR count). The molecule has 1 nitrogen and oxygen atoms in total. The number of rotatable bonds is 2. The minimum absolute atomic E-state index is 0.0383. The molecule has 0 atom stereocenters. The molecule has 0 saturated heterocycles. The van der Waals surface area contributed by atoms with Gasteiger partial charge in [-0.05, 0) is 65.4 Å². The number of benzene rings is 1. The predicted molar refractivity (Wildman–Crippen MR) is 76.7 cm³/mol. The smallest absolute Gasteiger partial charge is 0.203 e. The Morgan fingerprint density at radius 1 is 1.31 bits per heavy atom. The zero-order valence-corrected chi connectivity index (χ0v) is 12.2. The maximum absolute atomic E-state index is 12.1. The van der Waals surface area contributed by atoms with Crippen LogP contribution in [0.1, 0.15) is 20.8 Å². The van der Waals surface area contributed by atoms with Gasteiger partial charge in [-0.2, -0.15) is 0 Å². The van der Waals surface area contributed by atoms with Crippen molar-refractivity contribution in [2.24, 2.45) is 0 Å². The lowest BCUT2D eigenvalue weighted by Crippen LogP contribution is -1.97. The second-order valence-corrected chi connectivity index (χ2v) is 6.30. The Morgan fingerprint density at radius 2 is 1.94 bits per heavy atom. The fourth-order valence-corrected chi connectivity index (χ4v) is 2.84. The molecule has 0 aliphatic heterocycles. The summed E-state index contributed by atoms with van der Waals surface area (Å²) >= 11 is 9.50. The first-order chi connectivity index (χ1) is 7.58. The number of hydrogen-bond donors (Lipinski definition) is 0. The molecule has 0 unspecified atom stereocenters. The summed E-state index contributed by atoms with van der Waals surface area (Å²) < 4.78 is 1.81. The Kier molecular flexibility index (Phi) is 3.66. The lowest BCUT2D eigenvalue weighted by atomic mass is 10.1. The highest BCUT2D eigenvalue weighted by Gasteiger charge is 2.13. The van der Waals surface area contributed by atoms with Gasteiger partial charge in [0.1, 0.15) is 0 Å².